The predicted octanol–water partition coefficient (Wildman–Crippen LogP) is -1.61. The standard InChI is InChI=1S/Ca.Mo.Nb.Ni.H4Si.2H/h;;;;1H4;;/q+2;;;;;2*-1. The van der Waals surface area contributed by atoms with Crippen molar-refractivity contribution in [3.8, 4) is 0 Å². The quantitative estimate of drug-likeness (QED) is 0.471. The van der Waals surface area contributed by atoms with Crippen molar-refractivity contribution in [2.75, 3.05) is 0 Å². The molecule has 0 spiro atoms. The van der Waals surface area contributed by atoms with Gasteiger partial charge < -0.3 is 2.85 Å². The summed E-state index contributed by atoms with van der Waals surface area (Å²) in [6.07, 6.45) is 0. The normalized spacial score (nSPS) is 0. The third-order valence-electron chi connectivity index (χ3n) is 0. The molecule has 0 saturated heterocycles. The van der Waals surface area contributed by atoms with Gasteiger partial charge in [0.05, 0.1) is 0 Å². The third kappa shape index (κ3) is 18.7. The summed E-state index contributed by atoms with van der Waals surface area (Å²) < 4.78 is 0. The van der Waals surface area contributed by atoms with Crippen molar-refractivity contribution < 1.29 is 62.8 Å². The smallest absolute Gasteiger partial charge is 1.00 e. The van der Waals surface area contributed by atoms with Gasteiger partial charge in [0.2, 0.25) is 0 Å². The zero-order chi connectivity index (χ0) is 0. The molecule has 0 bridgehead atoms. The van der Waals surface area contributed by atoms with Crippen molar-refractivity contribution in [3.63, 3.8) is 0 Å². The first-order valence-corrected chi connectivity index (χ1v) is 0. The van der Waals surface area contributed by atoms with Crippen LogP contribution in [0.3, 0.4) is 0 Å². The van der Waals surface area contributed by atoms with Crippen molar-refractivity contribution >= 4 is 48.7 Å². The molecule has 5 heteroatoms. The molecular formula is H6CaMoNbNiSi. The predicted molar refractivity (Wildman–Crippen MR) is 19.3 cm³/mol. The summed E-state index contributed by atoms with van der Waals surface area (Å²) in [5.41, 5.74) is 0. The molecule has 0 rings (SSSR count). The van der Waals surface area contributed by atoms with Crippen LogP contribution in [0.15, 0.2) is 0 Å². The summed E-state index contributed by atoms with van der Waals surface area (Å²) in [6.45, 7) is 0. The van der Waals surface area contributed by atoms with Crippen molar-refractivity contribution in [1.29, 1.82) is 0 Å². The fourth-order valence-electron chi connectivity index (χ4n) is 0. The molecule has 0 nitrogen and oxygen atoms in total. The Morgan fingerprint density at radius 1 is 1.20 bits per heavy atom. The molecule has 0 aromatic heterocycles. The van der Waals surface area contributed by atoms with Gasteiger partial charge in [0, 0.05) is 59.9 Å². The molecule has 0 aliphatic heterocycles. The van der Waals surface area contributed by atoms with Gasteiger partial charge in [-0.2, -0.15) is 0 Å². The van der Waals surface area contributed by atoms with E-state index in [1.54, 1.807) is 0 Å². The van der Waals surface area contributed by atoms with Gasteiger partial charge in [-0.05, 0) is 11.0 Å². The summed E-state index contributed by atoms with van der Waals surface area (Å²) in [5.74, 6) is 0. The minimum Gasteiger partial charge on any atom is -1.00 e. The Bertz CT molecular complexity index is 17.7. The van der Waals surface area contributed by atoms with Crippen LogP contribution in [0.1, 0.15) is 2.85 Å². The van der Waals surface area contributed by atoms with E-state index in [4.69, 9.17) is 0 Å². The summed E-state index contributed by atoms with van der Waals surface area (Å²) in [4.78, 5) is 0. The van der Waals surface area contributed by atoms with Crippen molar-refractivity contribution in [3.05, 3.63) is 0 Å². The Morgan fingerprint density at radius 3 is 1.20 bits per heavy atom. The molecule has 0 aliphatic carbocycles. The van der Waals surface area contributed by atoms with E-state index in [1.165, 1.54) is 0 Å². The van der Waals surface area contributed by atoms with Gasteiger partial charge in [-0.1, -0.05) is 0 Å². The first-order chi connectivity index (χ1) is 0. The molecule has 5 heavy (non-hydrogen) atoms. The third-order valence-corrected chi connectivity index (χ3v) is 0. The van der Waals surface area contributed by atoms with Crippen LogP contribution in [0.4, 0.5) is 0 Å². The first kappa shape index (κ1) is 39.8. The van der Waals surface area contributed by atoms with Crippen LogP contribution in [0.2, 0.25) is 0 Å². The van der Waals surface area contributed by atoms with Gasteiger partial charge in [-0.15, -0.1) is 0 Å². The Labute approximate surface area is 109 Å². The van der Waals surface area contributed by atoms with Crippen LogP contribution < -0.4 is 0 Å². The van der Waals surface area contributed by atoms with E-state index in [0.717, 1.165) is 0 Å². The van der Waals surface area contributed by atoms with E-state index in [0.29, 0.717) is 0 Å². The van der Waals surface area contributed by atoms with Gasteiger partial charge in [0.25, 0.3) is 0 Å². The van der Waals surface area contributed by atoms with E-state index in [2.05, 4.69) is 0 Å². The molecule has 0 heterocycles. The zero-order valence-electron chi connectivity index (χ0n) is 3.88. The summed E-state index contributed by atoms with van der Waals surface area (Å²) in [6, 6.07) is 0. The molecular weight excluding hydrogens is 316 g/mol. The largest absolute Gasteiger partial charge is 2.00 e. The van der Waals surface area contributed by atoms with Crippen molar-refractivity contribution in [2.45, 2.75) is 0 Å². The second-order valence-electron chi connectivity index (χ2n) is 0. The fourth-order valence-corrected chi connectivity index (χ4v) is 0. The first-order valence-electron chi connectivity index (χ1n) is 0. The Balaban J connectivity index is 0. The summed E-state index contributed by atoms with van der Waals surface area (Å²) in [7, 11) is 0. The average molecular weight is 322 g/mol. The van der Waals surface area contributed by atoms with Gasteiger partial charge in [0.1, 0.15) is 0 Å². The SMILES string of the molecule is [Ca+2].[H-].[H-].[Mo].[Nb].[Ni].[SiH4]. The fraction of sp³-hybridized carbons (Fsp3) is 0. The molecule has 1 radical (unpaired) electrons. The zero-order valence-corrected chi connectivity index (χ0v) is 9.28. The summed E-state index contributed by atoms with van der Waals surface area (Å²) in [5, 5.41) is 0. The number of hydrogen-bond acceptors (Lipinski definition) is 0. The molecule has 0 unspecified atom stereocenters. The van der Waals surface area contributed by atoms with Crippen LogP contribution in [0.25, 0.3) is 0 Å². The van der Waals surface area contributed by atoms with E-state index < -0.39 is 0 Å². The average Bonchev–Trinajstić information content (AvgIpc) is 0. The van der Waals surface area contributed by atoms with Crippen molar-refractivity contribution in [1.82, 2.24) is 0 Å². The minimum atomic E-state index is 0. The van der Waals surface area contributed by atoms with Crippen molar-refractivity contribution in [2.24, 2.45) is 0 Å². The molecule has 0 atom stereocenters. The maximum atomic E-state index is 0. The monoisotopic (exact) mass is 323 g/mol. The van der Waals surface area contributed by atoms with E-state index >= 15 is 0 Å². The second-order valence-corrected chi connectivity index (χ2v) is 0. The molecule has 0 aliphatic rings. The van der Waals surface area contributed by atoms with Crippen LogP contribution >= 0.6 is 0 Å². The molecule has 0 fully saturated rings. The minimum absolute atomic E-state index is 0. The van der Waals surface area contributed by atoms with Gasteiger partial charge in [-0.25, -0.2) is 0 Å². The Hall–Kier alpha value is 3.40. The Kier molecular flexibility index (Phi) is 209. The van der Waals surface area contributed by atoms with Crippen LogP contribution in [0, 0.1) is 0 Å². The van der Waals surface area contributed by atoms with Crippen LogP contribution in [-0.4, -0.2) is 48.7 Å². The van der Waals surface area contributed by atoms with Gasteiger partial charge >= 0.3 is 37.7 Å². The molecule has 0 aromatic carbocycles. The second kappa shape index (κ2) is 26.2. The number of hydrogen-bond donors (Lipinski definition) is 0. The number of rotatable bonds is 0. The summed E-state index contributed by atoms with van der Waals surface area (Å²) >= 11 is 0. The van der Waals surface area contributed by atoms with E-state index in [1.807, 2.05) is 0 Å². The van der Waals surface area contributed by atoms with Gasteiger partial charge in [0.15, 0.2) is 0 Å². The molecule has 0 N–H and O–H groups in total. The Morgan fingerprint density at radius 2 is 1.20 bits per heavy atom. The van der Waals surface area contributed by atoms with E-state index in [-0.39, 0.29) is 111 Å². The maximum absolute atomic E-state index is 0. The van der Waals surface area contributed by atoms with Crippen LogP contribution in [-0.2, 0) is 59.9 Å². The molecule has 0 amide bonds. The molecule has 33 valence electrons. The van der Waals surface area contributed by atoms with Gasteiger partial charge in [-0.3, -0.25) is 0 Å². The molecule has 0 saturated carbocycles. The maximum Gasteiger partial charge on any atom is 2.00 e. The molecule has 0 aromatic rings. The van der Waals surface area contributed by atoms with Crippen LogP contribution in [0.5, 0.6) is 0 Å². The van der Waals surface area contributed by atoms with E-state index in [9.17, 15) is 0 Å². The topological polar surface area (TPSA) is 0 Å².